The Morgan fingerprint density at radius 3 is 1.33 bits per heavy atom. The van der Waals surface area contributed by atoms with E-state index >= 15 is 0 Å². The smallest absolute Gasteiger partial charge is 0.407 e. The first-order valence-corrected chi connectivity index (χ1v) is 17.2. The van der Waals surface area contributed by atoms with Crippen LogP contribution in [0.25, 0.3) is 0 Å². The summed E-state index contributed by atoms with van der Waals surface area (Å²) in [5.74, 6) is -0.442. The molecule has 0 spiro atoms. The molecule has 45 heavy (non-hydrogen) atoms. The molecule has 2 N–H and O–H groups in total. The Bertz CT molecular complexity index is 724. The third kappa shape index (κ3) is 26.3. The molecule has 12 nitrogen and oxygen atoms in total. The van der Waals surface area contributed by atoms with Gasteiger partial charge in [0, 0.05) is 26.2 Å². The Morgan fingerprint density at radius 1 is 0.578 bits per heavy atom. The Hall–Kier alpha value is -2.60. The van der Waals surface area contributed by atoms with Crippen LogP contribution in [-0.4, -0.2) is 113 Å². The summed E-state index contributed by atoms with van der Waals surface area (Å²) >= 11 is 0. The van der Waals surface area contributed by atoms with E-state index in [0.717, 1.165) is 58.0 Å². The molecule has 0 heterocycles. The molecule has 0 aromatic carbocycles. The molecule has 2 amide bonds. The average molecular weight is 645 g/mol. The number of hydrogen-bond acceptors (Lipinski definition) is 10. The van der Waals surface area contributed by atoms with Crippen LogP contribution in [0.4, 0.5) is 9.59 Å². The molecule has 12 heteroatoms. The van der Waals surface area contributed by atoms with Gasteiger partial charge in [0.1, 0.15) is 12.2 Å². The van der Waals surface area contributed by atoms with E-state index in [1.54, 1.807) is 0 Å². The van der Waals surface area contributed by atoms with Gasteiger partial charge >= 0.3 is 24.1 Å². The number of nitrogens with one attached hydrogen (secondary N) is 2. The van der Waals surface area contributed by atoms with Crippen molar-refractivity contribution in [1.29, 1.82) is 0 Å². The molecular formula is C33H64N4O8. The highest BCUT2D eigenvalue weighted by Crippen LogP contribution is 2.07. The quantitative estimate of drug-likeness (QED) is 0.0658. The molecule has 0 aliphatic heterocycles. The van der Waals surface area contributed by atoms with E-state index < -0.39 is 0 Å². The molecular weight excluding hydrogens is 580 g/mol. The second-order valence-corrected chi connectivity index (χ2v) is 11.6. The summed E-state index contributed by atoms with van der Waals surface area (Å²) in [7, 11) is 3.96. The van der Waals surface area contributed by atoms with Crippen LogP contribution in [0.1, 0.15) is 111 Å². The summed E-state index contributed by atoms with van der Waals surface area (Å²) in [4.78, 5) is 51.9. The minimum absolute atomic E-state index is 0.0356. The molecule has 0 saturated carbocycles. The van der Waals surface area contributed by atoms with E-state index in [1.807, 2.05) is 27.9 Å². The van der Waals surface area contributed by atoms with Crippen LogP contribution in [0, 0.1) is 0 Å². The highest BCUT2D eigenvalue weighted by molar-refractivity contribution is 5.70. The Kier molecular flexibility index (Phi) is 27.2. The predicted molar refractivity (Wildman–Crippen MR) is 176 cm³/mol. The third-order valence-electron chi connectivity index (χ3n) is 7.36. The number of rotatable bonds is 28. The largest absolute Gasteiger partial charge is 0.466 e. The molecule has 0 fully saturated rings. The second kappa shape index (κ2) is 28.8. The number of esters is 2. The van der Waals surface area contributed by atoms with Gasteiger partial charge in [0.25, 0.3) is 0 Å². The zero-order chi connectivity index (χ0) is 33.7. The van der Waals surface area contributed by atoms with Crippen molar-refractivity contribution < 1.29 is 38.1 Å². The van der Waals surface area contributed by atoms with Gasteiger partial charge in [0.2, 0.25) is 0 Å². The summed E-state index contributed by atoms with van der Waals surface area (Å²) in [6.45, 7) is 12.7. The fourth-order valence-electron chi connectivity index (χ4n) is 4.47. The van der Waals surface area contributed by atoms with E-state index in [0.29, 0.717) is 77.9 Å². The molecule has 0 rings (SSSR count). The van der Waals surface area contributed by atoms with Crippen molar-refractivity contribution in [3.63, 3.8) is 0 Å². The third-order valence-corrected chi connectivity index (χ3v) is 7.36. The van der Waals surface area contributed by atoms with E-state index in [-0.39, 0.29) is 36.3 Å². The van der Waals surface area contributed by atoms with Crippen LogP contribution in [0.2, 0.25) is 0 Å². The molecule has 0 bridgehead atoms. The molecule has 0 aliphatic carbocycles. The minimum atomic E-state index is -0.384. The van der Waals surface area contributed by atoms with Crippen molar-refractivity contribution in [2.75, 3.05) is 66.6 Å². The molecule has 2 unspecified atom stereocenters. The lowest BCUT2D eigenvalue weighted by Gasteiger charge is -2.20. The lowest BCUT2D eigenvalue weighted by atomic mass is 10.2. The van der Waals surface area contributed by atoms with Crippen LogP contribution in [0.15, 0.2) is 0 Å². The van der Waals surface area contributed by atoms with Gasteiger partial charge in [0.15, 0.2) is 0 Å². The Morgan fingerprint density at radius 2 is 0.978 bits per heavy atom. The van der Waals surface area contributed by atoms with Gasteiger partial charge in [-0.2, -0.15) is 0 Å². The summed E-state index contributed by atoms with van der Waals surface area (Å²) < 4.78 is 21.4. The van der Waals surface area contributed by atoms with Crippen LogP contribution >= 0.6 is 0 Å². The van der Waals surface area contributed by atoms with E-state index in [4.69, 9.17) is 18.9 Å². The molecule has 0 aromatic rings. The number of hydrogen-bond donors (Lipinski definition) is 2. The number of carbonyl (C=O) groups excluding carboxylic acids is 4. The van der Waals surface area contributed by atoms with Crippen molar-refractivity contribution in [2.24, 2.45) is 0 Å². The summed E-state index contributed by atoms with van der Waals surface area (Å²) in [6.07, 6.45) is 8.85. The maximum atomic E-state index is 12.0. The summed E-state index contributed by atoms with van der Waals surface area (Å²) in [5.41, 5.74) is 0. The molecule has 0 saturated heterocycles. The average Bonchev–Trinajstić information content (AvgIpc) is 3.01. The molecule has 2 atom stereocenters. The van der Waals surface area contributed by atoms with Crippen molar-refractivity contribution in [3.8, 4) is 0 Å². The monoisotopic (exact) mass is 644 g/mol. The molecule has 0 aliphatic rings. The maximum Gasteiger partial charge on any atom is 0.407 e. The molecule has 0 aromatic heterocycles. The van der Waals surface area contributed by atoms with Crippen LogP contribution in [-0.2, 0) is 28.5 Å². The van der Waals surface area contributed by atoms with Gasteiger partial charge in [-0.25, -0.2) is 9.59 Å². The Labute approximate surface area is 272 Å². The highest BCUT2D eigenvalue weighted by Gasteiger charge is 2.13. The van der Waals surface area contributed by atoms with Crippen LogP contribution < -0.4 is 10.6 Å². The minimum Gasteiger partial charge on any atom is -0.466 e. The van der Waals surface area contributed by atoms with Crippen molar-refractivity contribution in [1.82, 2.24) is 20.4 Å². The number of carbonyl (C=O) groups is 4. The van der Waals surface area contributed by atoms with Gasteiger partial charge in [-0.3, -0.25) is 9.59 Å². The number of ether oxygens (including phenoxy) is 4. The summed E-state index contributed by atoms with van der Waals surface area (Å²) in [6, 6.07) is 0. The zero-order valence-corrected chi connectivity index (χ0v) is 29.2. The maximum absolute atomic E-state index is 12.0. The standard InChI is InChI=1S/C33H64N4O8/c1-7-16-28(9-3)44-32(40)34-20-11-13-26-42-30(38)18-24-36(5)22-15-23-37(6)25-19-31(39)43-27-14-12-21-35-33(41)45-29(10-4)17-8-2/h28-29H,7-27H2,1-6H3,(H,34,40)(H,35,41). The Balaban J connectivity index is 3.73. The van der Waals surface area contributed by atoms with Crippen LogP contribution in [0.3, 0.4) is 0 Å². The van der Waals surface area contributed by atoms with E-state index in [9.17, 15) is 19.2 Å². The summed E-state index contributed by atoms with van der Waals surface area (Å²) in [5, 5.41) is 5.50. The number of unbranched alkanes of at least 4 members (excludes halogenated alkanes) is 2. The zero-order valence-electron chi connectivity index (χ0n) is 29.2. The van der Waals surface area contributed by atoms with Gasteiger partial charge in [-0.1, -0.05) is 40.5 Å². The van der Waals surface area contributed by atoms with Gasteiger partial charge < -0.3 is 39.4 Å². The van der Waals surface area contributed by atoms with Gasteiger partial charge in [-0.15, -0.1) is 0 Å². The SMILES string of the molecule is CCCC(CC)OC(=O)NCCCCOC(=O)CCN(C)CCCN(C)CCC(=O)OCCCCNC(=O)OC(CC)CCC. The lowest BCUT2D eigenvalue weighted by Crippen LogP contribution is -2.30. The van der Waals surface area contributed by atoms with Crippen LogP contribution in [0.5, 0.6) is 0 Å². The lowest BCUT2D eigenvalue weighted by molar-refractivity contribution is -0.144. The highest BCUT2D eigenvalue weighted by atomic mass is 16.6. The number of amides is 2. The van der Waals surface area contributed by atoms with Gasteiger partial charge in [0.05, 0.1) is 26.1 Å². The van der Waals surface area contributed by atoms with Crippen molar-refractivity contribution >= 4 is 24.1 Å². The van der Waals surface area contributed by atoms with E-state index in [2.05, 4.69) is 34.3 Å². The first kappa shape index (κ1) is 42.4. The van der Waals surface area contributed by atoms with Crippen molar-refractivity contribution in [2.45, 2.75) is 123 Å². The fraction of sp³-hybridized carbons (Fsp3) is 0.879. The topological polar surface area (TPSA) is 136 Å². The molecule has 0 radical (unpaired) electrons. The van der Waals surface area contributed by atoms with Crippen molar-refractivity contribution in [3.05, 3.63) is 0 Å². The fourth-order valence-corrected chi connectivity index (χ4v) is 4.47. The first-order valence-electron chi connectivity index (χ1n) is 17.2. The number of nitrogens with zero attached hydrogens (tertiary/aromatic N) is 2. The normalized spacial score (nSPS) is 12.4. The predicted octanol–water partition coefficient (Wildman–Crippen LogP) is 5.28. The number of alkyl carbamates (subject to hydrolysis) is 2. The van der Waals surface area contributed by atoms with E-state index in [1.165, 1.54) is 0 Å². The first-order chi connectivity index (χ1) is 21.6. The molecule has 264 valence electrons. The van der Waals surface area contributed by atoms with Gasteiger partial charge in [-0.05, 0) is 85.0 Å². The second-order valence-electron chi connectivity index (χ2n) is 11.6.